The van der Waals surface area contributed by atoms with Gasteiger partial charge in [-0.1, -0.05) is 27.7 Å². The largest absolute Gasteiger partial charge is 0.388 e. The fraction of sp³-hybridized carbons (Fsp3) is 0.923. The minimum Gasteiger partial charge on any atom is -0.388 e. The Bertz CT molecular complexity index is 152. The molecule has 1 aliphatic rings. The van der Waals surface area contributed by atoms with E-state index in [-0.39, 0.29) is 5.91 Å². The summed E-state index contributed by atoms with van der Waals surface area (Å²) in [4.78, 5) is 12.8. The molecule has 1 N–H and O–H groups in total. The van der Waals surface area contributed by atoms with E-state index in [4.69, 9.17) is 0 Å². The maximum atomic E-state index is 10.6. The van der Waals surface area contributed by atoms with Crippen LogP contribution in [0.15, 0.2) is 0 Å². The van der Waals surface area contributed by atoms with E-state index in [9.17, 15) is 4.79 Å². The molecule has 0 aromatic carbocycles. The van der Waals surface area contributed by atoms with Crippen molar-refractivity contribution in [3.8, 4) is 0 Å². The zero-order valence-electron chi connectivity index (χ0n) is 13.0. The van der Waals surface area contributed by atoms with Gasteiger partial charge in [0.1, 0.15) is 0 Å². The number of rotatable bonds is 1. The smallest absolute Gasteiger partial charge is 0.217 e. The topological polar surface area (TPSA) is 41.6 Å². The molecular weight excluding hydrogens is 216 g/mol. The van der Waals surface area contributed by atoms with Gasteiger partial charge in [0.15, 0.2) is 0 Å². The second kappa shape index (κ2) is 17.8. The molecule has 0 radical (unpaired) electrons. The quantitative estimate of drug-likeness (QED) is 0.773. The van der Waals surface area contributed by atoms with Crippen LogP contribution in [0.3, 0.4) is 0 Å². The maximum Gasteiger partial charge on any atom is 0.217 e. The number of hydrogen-bond acceptors (Lipinski definition) is 3. The highest BCUT2D eigenvalue weighted by molar-refractivity contribution is 5.73. The summed E-state index contributed by atoms with van der Waals surface area (Å²) in [6.07, 6.45) is 1.09. The summed E-state index contributed by atoms with van der Waals surface area (Å²) < 4.78 is 4.25. The minimum absolute atomic E-state index is 0.0836. The van der Waals surface area contributed by atoms with Gasteiger partial charge in [-0.05, 0) is 20.0 Å². The van der Waals surface area contributed by atoms with Gasteiger partial charge in [-0.2, -0.15) is 0 Å². The third-order valence-electron chi connectivity index (χ3n) is 1.80. The summed E-state index contributed by atoms with van der Waals surface area (Å²) in [5.41, 5.74) is 0. The maximum absolute atomic E-state index is 10.6. The van der Waals surface area contributed by atoms with Crippen molar-refractivity contribution in [2.75, 3.05) is 34.4 Å². The van der Waals surface area contributed by atoms with E-state index in [0.717, 1.165) is 19.5 Å². The number of likely N-dealkylation sites (tertiary alicyclic amines) is 1. The molecule has 1 heterocycles. The van der Waals surface area contributed by atoms with E-state index in [0.29, 0.717) is 6.04 Å². The van der Waals surface area contributed by atoms with Crippen molar-refractivity contribution in [1.29, 1.82) is 0 Å². The molecular formula is C13H32N2O2. The van der Waals surface area contributed by atoms with Crippen molar-refractivity contribution in [3.63, 3.8) is 0 Å². The van der Waals surface area contributed by atoms with Crippen LogP contribution in [0.2, 0.25) is 0 Å². The molecule has 1 rings (SSSR count). The predicted octanol–water partition coefficient (Wildman–Crippen LogP) is 2.14. The van der Waals surface area contributed by atoms with Crippen LogP contribution in [0.1, 0.15) is 41.0 Å². The summed E-state index contributed by atoms with van der Waals surface area (Å²) >= 11 is 0. The van der Waals surface area contributed by atoms with Crippen molar-refractivity contribution < 1.29 is 9.53 Å². The summed E-state index contributed by atoms with van der Waals surface area (Å²) in [7, 11) is 5.32. The Balaban J connectivity index is -0.000000239. The van der Waals surface area contributed by atoms with Gasteiger partial charge in [0, 0.05) is 33.7 Å². The monoisotopic (exact) mass is 248 g/mol. The summed E-state index contributed by atoms with van der Waals surface area (Å²) in [5.74, 6) is 0.0836. The molecule has 0 aromatic rings. The number of carbonyl (C=O) groups excluding carboxylic acids is 1. The Morgan fingerprint density at radius 3 is 1.88 bits per heavy atom. The summed E-state index contributed by atoms with van der Waals surface area (Å²) in [5, 5.41) is 2.89. The zero-order valence-corrected chi connectivity index (χ0v) is 13.0. The van der Waals surface area contributed by atoms with Crippen LogP contribution < -0.4 is 5.32 Å². The van der Waals surface area contributed by atoms with E-state index in [1.807, 2.05) is 27.7 Å². The first kappa shape index (κ1) is 21.7. The van der Waals surface area contributed by atoms with Gasteiger partial charge in [-0.15, -0.1) is 0 Å². The van der Waals surface area contributed by atoms with Gasteiger partial charge in [0.05, 0.1) is 0 Å². The zero-order chi connectivity index (χ0) is 14.3. The molecule has 0 bridgehead atoms. The lowest BCUT2D eigenvalue weighted by molar-refractivity contribution is -0.119. The fourth-order valence-electron chi connectivity index (χ4n) is 1.34. The van der Waals surface area contributed by atoms with Gasteiger partial charge in [-0.3, -0.25) is 4.79 Å². The van der Waals surface area contributed by atoms with Gasteiger partial charge in [0.25, 0.3) is 0 Å². The van der Waals surface area contributed by atoms with E-state index in [1.54, 1.807) is 21.1 Å². The lowest BCUT2D eigenvalue weighted by Crippen LogP contribution is -2.34. The molecule has 1 atom stereocenters. The number of methoxy groups -OCH3 is 1. The highest BCUT2D eigenvalue weighted by Crippen LogP contribution is 2.05. The second-order valence-electron chi connectivity index (χ2n) is 3.36. The van der Waals surface area contributed by atoms with Crippen molar-refractivity contribution >= 4 is 5.91 Å². The number of carbonyl (C=O) groups is 1. The van der Waals surface area contributed by atoms with Crippen LogP contribution in [0.4, 0.5) is 0 Å². The first-order chi connectivity index (χ1) is 8.10. The fourth-order valence-corrected chi connectivity index (χ4v) is 1.34. The third kappa shape index (κ3) is 18.0. The SMILES string of the molecule is CC.CC.CC(=O)NC1CCN(C)C1.COC. The molecule has 17 heavy (non-hydrogen) atoms. The molecule has 0 spiro atoms. The normalized spacial score (nSPS) is 17.5. The van der Waals surface area contributed by atoms with Crippen molar-refractivity contribution in [2.24, 2.45) is 0 Å². The Hall–Kier alpha value is -0.610. The standard InChI is InChI=1S/C7H14N2O.C2H6O.2C2H6/c1-6(10)8-7-3-4-9(2)5-7;1-3-2;2*1-2/h7H,3-5H2,1-2H3,(H,8,10);1-2H3;2*1-2H3. The Morgan fingerprint density at radius 1 is 1.24 bits per heavy atom. The highest BCUT2D eigenvalue weighted by atomic mass is 16.4. The molecule has 0 aromatic heterocycles. The predicted molar refractivity (Wildman–Crippen MR) is 75.3 cm³/mol. The molecule has 1 aliphatic heterocycles. The van der Waals surface area contributed by atoms with Gasteiger partial charge in [0.2, 0.25) is 5.91 Å². The molecule has 1 unspecified atom stereocenters. The number of nitrogens with zero attached hydrogens (tertiary/aromatic N) is 1. The molecule has 1 fully saturated rings. The number of hydrogen-bond donors (Lipinski definition) is 1. The lowest BCUT2D eigenvalue weighted by Gasteiger charge is -2.10. The number of amides is 1. The van der Waals surface area contributed by atoms with E-state index in [1.165, 1.54) is 0 Å². The van der Waals surface area contributed by atoms with Gasteiger partial charge in [-0.25, -0.2) is 0 Å². The number of likely N-dealkylation sites (N-methyl/N-ethyl adjacent to an activating group) is 1. The molecule has 0 aliphatic carbocycles. The van der Waals surface area contributed by atoms with Crippen LogP contribution in [0, 0.1) is 0 Å². The van der Waals surface area contributed by atoms with Crippen LogP contribution >= 0.6 is 0 Å². The van der Waals surface area contributed by atoms with Gasteiger partial charge >= 0.3 is 0 Å². The summed E-state index contributed by atoms with van der Waals surface area (Å²) in [6, 6.07) is 0.391. The van der Waals surface area contributed by atoms with Gasteiger partial charge < -0.3 is 15.0 Å². The first-order valence-corrected chi connectivity index (χ1v) is 6.46. The Kier molecular flexibility index (Phi) is 22.6. The first-order valence-electron chi connectivity index (χ1n) is 6.46. The Labute approximate surface area is 108 Å². The minimum atomic E-state index is 0.0836. The average Bonchev–Trinajstić information content (AvgIpc) is 2.70. The number of nitrogens with one attached hydrogen (secondary N) is 1. The highest BCUT2D eigenvalue weighted by Gasteiger charge is 2.19. The molecule has 4 heteroatoms. The molecule has 1 amide bonds. The van der Waals surface area contributed by atoms with E-state index >= 15 is 0 Å². The van der Waals surface area contributed by atoms with Crippen molar-refractivity contribution in [3.05, 3.63) is 0 Å². The van der Waals surface area contributed by atoms with Crippen molar-refractivity contribution in [2.45, 2.75) is 47.1 Å². The van der Waals surface area contributed by atoms with Crippen molar-refractivity contribution in [1.82, 2.24) is 10.2 Å². The second-order valence-corrected chi connectivity index (χ2v) is 3.36. The molecule has 106 valence electrons. The average molecular weight is 248 g/mol. The third-order valence-corrected chi connectivity index (χ3v) is 1.80. The molecule has 1 saturated heterocycles. The number of ether oxygens (including phenoxy) is 1. The lowest BCUT2D eigenvalue weighted by atomic mass is 10.3. The van der Waals surface area contributed by atoms with Crippen LogP contribution in [-0.4, -0.2) is 51.2 Å². The summed E-state index contributed by atoms with van der Waals surface area (Å²) in [6.45, 7) is 11.7. The van der Waals surface area contributed by atoms with Crippen LogP contribution in [-0.2, 0) is 9.53 Å². The van der Waals surface area contributed by atoms with E-state index < -0.39 is 0 Å². The van der Waals surface area contributed by atoms with E-state index in [2.05, 4.69) is 22.0 Å². The van der Waals surface area contributed by atoms with Crippen LogP contribution in [0.5, 0.6) is 0 Å². The van der Waals surface area contributed by atoms with Crippen LogP contribution in [0.25, 0.3) is 0 Å². The molecule has 4 nitrogen and oxygen atoms in total. The Morgan fingerprint density at radius 2 is 1.65 bits per heavy atom. The molecule has 0 saturated carbocycles.